The van der Waals surface area contributed by atoms with Crippen molar-refractivity contribution in [2.75, 3.05) is 25.2 Å². The molecule has 0 aliphatic carbocycles. The Hall–Kier alpha value is -0.940. The third-order valence-corrected chi connectivity index (χ3v) is 4.26. The quantitative estimate of drug-likeness (QED) is 0.687. The van der Waals surface area contributed by atoms with E-state index in [1.807, 2.05) is 0 Å². The second-order valence-electron chi connectivity index (χ2n) is 4.96. The monoisotopic (exact) mass is 284 g/mol. The van der Waals surface area contributed by atoms with Crippen molar-refractivity contribution in [3.8, 4) is 0 Å². The molecule has 5 heteroatoms. The van der Waals surface area contributed by atoms with Gasteiger partial charge in [-0.25, -0.2) is 4.98 Å². The number of rotatable bonds is 8. The summed E-state index contributed by atoms with van der Waals surface area (Å²) in [6.45, 7) is 9.92. The lowest BCUT2D eigenvalue weighted by atomic mass is 10.1. The third-order valence-electron chi connectivity index (χ3n) is 3.23. The molecule has 1 atom stereocenters. The summed E-state index contributed by atoms with van der Waals surface area (Å²) in [5.74, 6) is 0.270. The van der Waals surface area contributed by atoms with Crippen molar-refractivity contribution in [1.29, 1.82) is 0 Å². The van der Waals surface area contributed by atoms with Gasteiger partial charge in [0.25, 0.3) is 0 Å². The highest BCUT2D eigenvalue weighted by molar-refractivity contribution is 7.17. The summed E-state index contributed by atoms with van der Waals surface area (Å²) in [4.78, 5) is 18.8. The van der Waals surface area contributed by atoms with Gasteiger partial charge in [0.15, 0.2) is 11.4 Å². The van der Waals surface area contributed by atoms with E-state index in [9.17, 15) is 4.79 Å². The van der Waals surface area contributed by atoms with Crippen LogP contribution in [-0.2, 0) is 4.74 Å². The molecule has 4 nitrogen and oxygen atoms in total. The molecular weight excluding hydrogens is 260 g/mol. The Balaban J connectivity index is 3.04. The van der Waals surface area contributed by atoms with Crippen molar-refractivity contribution < 1.29 is 9.53 Å². The van der Waals surface area contributed by atoms with E-state index in [0.717, 1.165) is 35.0 Å². The van der Waals surface area contributed by atoms with Gasteiger partial charge < -0.3 is 9.64 Å². The Labute approximate surface area is 119 Å². The topological polar surface area (TPSA) is 42.4 Å². The van der Waals surface area contributed by atoms with Crippen LogP contribution in [0.25, 0.3) is 0 Å². The van der Waals surface area contributed by atoms with E-state index in [1.165, 1.54) is 11.3 Å². The summed E-state index contributed by atoms with van der Waals surface area (Å²) in [5, 5.41) is 0.928. The van der Waals surface area contributed by atoms with E-state index < -0.39 is 0 Å². The first kappa shape index (κ1) is 16.1. The van der Waals surface area contributed by atoms with Crippen LogP contribution in [0.3, 0.4) is 0 Å². The molecule has 0 N–H and O–H groups in total. The van der Waals surface area contributed by atoms with E-state index in [-0.39, 0.29) is 5.92 Å². The SMILES string of the molecule is CCC(C)N(CCOC)c1nc(C(C)C)c(C=O)s1. The van der Waals surface area contributed by atoms with Gasteiger partial charge in [0.1, 0.15) is 0 Å². The van der Waals surface area contributed by atoms with Gasteiger partial charge >= 0.3 is 0 Å². The summed E-state index contributed by atoms with van der Waals surface area (Å²) < 4.78 is 5.16. The minimum absolute atomic E-state index is 0.270. The standard InChI is InChI=1S/C14H24N2O2S/c1-6-11(4)16(7-8-18-5)14-15-13(10(2)3)12(9-17)19-14/h9-11H,6-8H2,1-5H3. The number of ether oxygens (including phenoxy) is 1. The van der Waals surface area contributed by atoms with Crippen LogP contribution >= 0.6 is 11.3 Å². The van der Waals surface area contributed by atoms with Gasteiger partial charge in [0, 0.05) is 19.7 Å². The van der Waals surface area contributed by atoms with Crippen molar-refractivity contribution in [1.82, 2.24) is 4.98 Å². The fraction of sp³-hybridized carbons (Fsp3) is 0.714. The Morgan fingerprint density at radius 1 is 1.42 bits per heavy atom. The van der Waals surface area contributed by atoms with E-state index in [2.05, 4.69) is 37.6 Å². The number of carbonyl (C=O) groups is 1. The van der Waals surface area contributed by atoms with Crippen molar-refractivity contribution in [3.05, 3.63) is 10.6 Å². The molecule has 0 radical (unpaired) electrons. The van der Waals surface area contributed by atoms with E-state index in [4.69, 9.17) is 4.74 Å². The van der Waals surface area contributed by atoms with Crippen LogP contribution in [0.5, 0.6) is 0 Å². The highest BCUT2D eigenvalue weighted by Gasteiger charge is 2.20. The molecule has 108 valence electrons. The van der Waals surface area contributed by atoms with Crippen molar-refractivity contribution >= 4 is 22.8 Å². The second kappa shape index (κ2) is 7.60. The van der Waals surface area contributed by atoms with Crippen LogP contribution < -0.4 is 4.90 Å². The zero-order valence-corrected chi connectivity index (χ0v) is 13.3. The van der Waals surface area contributed by atoms with Gasteiger partial charge in [0.2, 0.25) is 0 Å². The predicted molar refractivity (Wildman–Crippen MR) is 80.6 cm³/mol. The molecule has 0 saturated heterocycles. The first-order chi connectivity index (χ1) is 9.04. The third kappa shape index (κ3) is 4.01. The van der Waals surface area contributed by atoms with Crippen LogP contribution in [0.1, 0.15) is 55.4 Å². The highest BCUT2D eigenvalue weighted by atomic mass is 32.1. The number of thiazole rings is 1. The average Bonchev–Trinajstić information content (AvgIpc) is 2.83. The zero-order valence-electron chi connectivity index (χ0n) is 12.5. The molecular formula is C14H24N2O2S. The fourth-order valence-corrected chi connectivity index (χ4v) is 3.03. The van der Waals surface area contributed by atoms with Gasteiger partial charge in [-0.05, 0) is 19.3 Å². The molecule has 0 spiro atoms. The van der Waals surface area contributed by atoms with Crippen LogP contribution in [0.2, 0.25) is 0 Å². The summed E-state index contributed by atoms with van der Waals surface area (Å²) in [7, 11) is 1.70. The smallest absolute Gasteiger partial charge is 0.186 e. The molecule has 0 aliphatic heterocycles. The fourth-order valence-electron chi connectivity index (χ4n) is 1.87. The number of anilines is 1. The summed E-state index contributed by atoms with van der Waals surface area (Å²) in [6, 6.07) is 0.390. The number of hydrogen-bond donors (Lipinski definition) is 0. The maximum atomic E-state index is 11.1. The van der Waals surface area contributed by atoms with Crippen LogP contribution in [0.15, 0.2) is 0 Å². The molecule has 1 aromatic rings. The molecule has 1 aromatic heterocycles. The lowest BCUT2D eigenvalue weighted by Crippen LogP contribution is -2.35. The second-order valence-corrected chi connectivity index (χ2v) is 5.97. The molecule has 0 aromatic carbocycles. The van der Waals surface area contributed by atoms with Crippen LogP contribution in [0.4, 0.5) is 5.13 Å². The van der Waals surface area contributed by atoms with Gasteiger partial charge in [-0.15, -0.1) is 0 Å². The lowest BCUT2D eigenvalue weighted by molar-refractivity contribution is 0.112. The summed E-state index contributed by atoms with van der Waals surface area (Å²) in [6.07, 6.45) is 1.96. The lowest BCUT2D eigenvalue weighted by Gasteiger charge is -2.27. The Kier molecular flexibility index (Phi) is 6.45. The number of hydrogen-bond acceptors (Lipinski definition) is 5. The number of aldehydes is 1. The maximum Gasteiger partial charge on any atom is 0.186 e. The Bertz CT molecular complexity index is 404. The largest absolute Gasteiger partial charge is 0.383 e. The Morgan fingerprint density at radius 2 is 2.11 bits per heavy atom. The molecule has 1 rings (SSSR count). The van der Waals surface area contributed by atoms with E-state index >= 15 is 0 Å². The molecule has 0 bridgehead atoms. The molecule has 19 heavy (non-hydrogen) atoms. The van der Waals surface area contributed by atoms with Gasteiger partial charge in [-0.3, -0.25) is 4.79 Å². The molecule has 1 heterocycles. The summed E-state index contributed by atoms with van der Waals surface area (Å²) >= 11 is 1.48. The van der Waals surface area contributed by atoms with Gasteiger partial charge in [0.05, 0.1) is 17.2 Å². The van der Waals surface area contributed by atoms with Crippen LogP contribution in [0, 0.1) is 0 Å². The van der Waals surface area contributed by atoms with Gasteiger partial charge in [-0.1, -0.05) is 32.1 Å². The minimum Gasteiger partial charge on any atom is -0.383 e. The number of nitrogens with zero attached hydrogens (tertiary/aromatic N) is 2. The van der Waals surface area contributed by atoms with E-state index in [1.54, 1.807) is 7.11 Å². The van der Waals surface area contributed by atoms with Crippen molar-refractivity contribution in [2.45, 2.75) is 46.1 Å². The molecule has 0 amide bonds. The Morgan fingerprint density at radius 3 is 2.53 bits per heavy atom. The highest BCUT2D eigenvalue weighted by Crippen LogP contribution is 2.30. The number of carbonyl (C=O) groups excluding carboxylic acids is 1. The molecule has 0 saturated carbocycles. The number of aromatic nitrogens is 1. The molecule has 0 fully saturated rings. The summed E-state index contributed by atoms with van der Waals surface area (Å²) in [5.41, 5.74) is 0.903. The van der Waals surface area contributed by atoms with E-state index in [0.29, 0.717) is 12.6 Å². The van der Waals surface area contributed by atoms with Crippen molar-refractivity contribution in [2.24, 2.45) is 0 Å². The first-order valence-corrected chi connectivity index (χ1v) is 7.58. The normalized spacial score (nSPS) is 12.7. The predicted octanol–water partition coefficient (Wildman–Crippen LogP) is 3.33. The van der Waals surface area contributed by atoms with Crippen LogP contribution in [-0.4, -0.2) is 37.6 Å². The van der Waals surface area contributed by atoms with Crippen molar-refractivity contribution in [3.63, 3.8) is 0 Å². The molecule has 0 aliphatic rings. The van der Waals surface area contributed by atoms with Gasteiger partial charge in [-0.2, -0.15) is 0 Å². The minimum atomic E-state index is 0.270. The number of methoxy groups -OCH3 is 1. The maximum absolute atomic E-state index is 11.1. The molecule has 1 unspecified atom stereocenters. The zero-order chi connectivity index (χ0) is 14.4. The first-order valence-electron chi connectivity index (χ1n) is 6.76. The average molecular weight is 284 g/mol.